The van der Waals surface area contributed by atoms with Crippen molar-refractivity contribution in [3.63, 3.8) is 0 Å². The van der Waals surface area contributed by atoms with Crippen molar-refractivity contribution >= 4 is 11.9 Å². The fourth-order valence-corrected chi connectivity index (χ4v) is 1.20. The largest absolute Gasteiger partial charge is 0.481 e. The molecule has 0 aromatic carbocycles. The lowest BCUT2D eigenvalue weighted by molar-refractivity contribution is -0.205. The number of rotatable bonds is 2. The second-order valence-electron chi connectivity index (χ2n) is 2.91. The fourth-order valence-electron chi connectivity index (χ4n) is 1.20. The van der Waals surface area contributed by atoms with Crippen LogP contribution in [0.2, 0.25) is 0 Å². The van der Waals surface area contributed by atoms with E-state index in [-0.39, 0.29) is 0 Å². The monoisotopic (exact) mass is 198 g/mol. The van der Waals surface area contributed by atoms with E-state index in [2.05, 4.69) is 4.74 Å². The minimum Gasteiger partial charge on any atom is -0.481 e. The summed E-state index contributed by atoms with van der Waals surface area (Å²) in [6, 6.07) is 0. The van der Waals surface area contributed by atoms with E-state index in [1.165, 1.54) is 18.2 Å². The molecule has 0 saturated heterocycles. The van der Waals surface area contributed by atoms with Crippen LogP contribution in [-0.2, 0) is 14.3 Å². The highest BCUT2D eigenvalue weighted by Crippen LogP contribution is 2.26. The average Bonchev–Trinajstić information content (AvgIpc) is 2.01. The predicted molar refractivity (Wildman–Crippen MR) is 46.1 cm³/mol. The van der Waals surface area contributed by atoms with E-state index in [0.717, 1.165) is 13.0 Å². The first kappa shape index (κ1) is 10.5. The molecule has 1 rings (SSSR count). The summed E-state index contributed by atoms with van der Waals surface area (Å²) in [5, 5.41) is 18.5. The second-order valence-corrected chi connectivity index (χ2v) is 2.91. The topological polar surface area (TPSA) is 83.8 Å². The number of carbonyl (C=O) groups is 2. The Morgan fingerprint density at radius 1 is 1.43 bits per heavy atom. The Morgan fingerprint density at radius 3 is 2.57 bits per heavy atom. The summed E-state index contributed by atoms with van der Waals surface area (Å²) < 4.78 is 4.55. The second kappa shape index (κ2) is 3.63. The van der Waals surface area contributed by atoms with E-state index in [4.69, 9.17) is 5.11 Å². The van der Waals surface area contributed by atoms with Crippen LogP contribution in [0.5, 0.6) is 0 Å². The van der Waals surface area contributed by atoms with Gasteiger partial charge in [0.2, 0.25) is 5.79 Å². The Labute approximate surface area is 80.3 Å². The normalized spacial score (nSPS) is 30.0. The number of hydrogen-bond donors (Lipinski definition) is 2. The third-order valence-corrected chi connectivity index (χ3v) is 1.77. The van der Waals surface area contributed by atoms with Crippen LogP contribution in [0.3, 0.4) is 0 Å². The van der Waals surface area contributed by atoms with Gasteiger partial charge in [-0.15, -0.1) is 0 Å². The summed E-state index contributed by atoms with van der Waals surface area (Å²) in [4.78, 5) is 21.4. The molecular formula is C9H10O5. The Bertz CT molecular complexity index is 317. The van der Waals surface area contributed by atoms with Gasteiger partial charge in [0.1, 0.15) is 5.92 Å². The molecule has 5 heteroatoms. The van der Waals surface area contributed by atoms with E-state index in [1.54, 1.807) is 0 Å². The van der Waals surface area contributed by atoms with Crippen molar-refractivity contribution in [1.82, 2.24) is 0 Å². The number of hydrogen-bond acceptors (Lipinski definition) is 4. The zero-order valence-electron chi connectivity index (χ0n) is 7.51. The van der Waals surface area contributed by atoms with E-state index in [1.807, 2.05) is 0 Å². The molecule has 0 amide bonds. The van der Waals surface area contributed by atoms with E-state index >= 15 is 0 Å². The van der Waals surface area contributed by atoms with Crippen molar-refractivity contribution in [3.8, 4) is 0 Å². The maximum Gasteiger partial charge on any atom is 0.317 e. The zero-order chi connectivity index (χ0) is 10.8. The summed E-state index contributed by atoms with van der Waals surface area (Å²) in [5.41, 5.74) is 0. The molecule has 5 nitrogen and oxygen atoms in total. The number of allylic oxidation sites excluding steroid dienone is 2. The number of carboxylic acids is 1. The fraction of sp³-hybridized carbons (Fsp3) is 0.333. The highest BCUT2D eigenvalue weighted by atomic mass is 16.7. The van der Waals surface area contributed by atoms with Gasteiger partial charge in [0.15, 0.2) is 0 Å². The lowest BCUT2D eigenvalue weighted by Crippen LogP contribution is -2.44. The standard InChI is InChI=1S/C9H10O5/c1-6(10)14-9(13)5-3-2-4-7(9)8(11)12/h2-5,7,13H,1H3,(H,11,12). The van der Waals surface area contributed by atoms with Crippen LogP contribution in [-0.4, -0.2) is 27.9 Å². The molecule has 0 heterocycles. The number of aliphatic hydroxyl groups is 1. The number of carboxylic acid groups (broad SMARTS) is 1. The maximum absolute atomic E-state index is 10.7. The van der Waals surface area contributed by atoms with Crippen LogP contribution < -0.4 is 0 Å². The van der Waals surface area contributed by atoms with Gasteiger partial charge in [0, 0.05) is 6.92 Å². The Morgan fingerprint density at radius 2 is 2.07 bits per heavy atom. The molecule has 2 N–H and O–H groups in total. The number of carbonyl (C=O) groups excluding carboxylic acids is 1. The molecule has 2 unspecified atom stereocenters. The zero-order valence-corrected chi connectivity index (χ0v) is 7.51. The highest BCUT2D eigenvalue weighted by molar-refractivity contribution is 5.76. The molecule has 76 valence electrons. The first-order chi connectivity index (χ1) is 6.46. The van der Waals surface area contributed by atoms with Gasteiger partial charge >= 0.3 is 11.9 Å². The molecule has 14 heavy (non-hydrogen) atoms. The Balaban J connectivity index is 2.93. The molecule has 2 atom stereocenters. The highest BCUT2D eigenvalue weighted by Gasteiger charge is 2.42. The lowest BCUT2D eigenvalue weighted by Gasteiger charge is -2.29. The van der Waals surface area contributed by atoms with Gasteiger partial charge in [0.25, 0.3) is 0 Å². The van der Waals surface area contributed by atoms with Crippen LogP contribution in [0, 0.1) is 5.92 Å². The van der Waals surface area contributed by atoms with Crippen LogP contribution in [0.4, 0.5) is 0 Å². The molecule has 0 aliphatic heterocycles. The number of aliphatic carboxylic acids is 1. The quantitative estimate of drug-likeness (QED) is 0.484. The van der Waals surface area contributed by atoms with Crippen LogP contribution >= 0.6 is 0 Å². The van der Waals surface area contributed by atoms with Gasteiger partial charge in [-0.25, -0.2) is 0 Å². The van der Waals surface area contributed by atoms with Gasteiger partial charge in [0.05, 0.1) is 0 Å². The van der Waals surface area contributed by atoms with Gasteiger partial charge in [-0.05, 0) is 6.08 Å². The number of ether oxygens (including phenoxy) is 1. The molecule has 0 saturated carbocycles. The molecule has 0 spiro atoms. The summed E-state index contributed by atoms with van der Waals surface area (Å²) in [5.74, 6) is -5.34. The predicted octanol–water partition coefficient (Wildman–Crippen LogP) is 0.0649. The molecule has 0 radical (unpaired) electrons. The first-order valence-electron chi connectivity index (χ1n) is 3.96. The molecule has 0 bridgehead atoms. The van der Waals surface area contributed by atoms with Crippen molar-refractivity contribution in [2.45, 2.75) is 12.7 Å². The van der Waals surface area contributed by atoms with E-state index < -0.39 is 23.6 Å². The Hall–Kier alpha value is -1.62. The SMILES string of the molecule is CC(=O)OC1(O)C=CC=CC1C(=O)O. The van der Waals surface area contributed by atoms with Gasteiger partial charge < -0.3 is 14.9 Å². The van der Waals surface area contributed by atoms with Crippen LogP contribution in [0.15, 0.2) is 24.3 Å². The van der Waals surface area contributed by atoms with E-state index in [0.29, 0.717) is 0 Å². The molecule has 0 aromatic rings. The van der Waals surface area contributed by atoms with E-state index in [9.17, 15) is 14.7 Å². The van der Waals surface area contributed by atoms with Crippen LogP contribution in [0.1, 0.15) is 6.92 Å². The maximum atomic E-state index is 10.7. The first-order valence-corrected chi connectivity index (χ1v) is 3.96. The van der Waals surface area contributed by atoms with Crippen LogP contribution in [0.25, 0.3) is 0 Å². The summed E-state index contributed by atoms with van der Waals surface area (Å²) in [6.07, 6.45) is 5.28. The Kier molecular flexibility index (Phi) is 2.71. The third kappa shape index (κ3) is 2.00. The molecule has 0 fully saturated rings. The van der Waals surface area contributed by atoms with Crippen molar-refractivity contribution in [2.75, 3.05) is 0 Å². The van der Waals surface area contributed by atoms with Crippen molar-refractivity contribution in [2.24, 2.45) is 5.92 Å². The average molecular weight is 198 g/mol. The summed E-state index contributed by atoms with van der Waals surface area (Å²) in [6.45, 7) is 1.10. The number of esters is 1. The van der Waals surface area contributed by atoms with Gasteiger partial charge in [-0.2, -0.15) is 0 Å². The summed E-state index contributed by atoms with van der Waals surface area (Å²) >= 11 is 0. The molecular weight excluding hydrogens is 188 g/mol. The molecule has 1 aliphatic rings. The van der Waals surface area contributed by atoms with Gasteiger partial charge in [-0.1, -0.05) is 18.2 Å². The van der Waals surface area contributed by atoms with Crippen molar-refractivity contribution in [3.05, 3.63) is 24.3 Å². The molecule has 1 aliphatic carbocycles. The molecule has 0 aromatic heterocycles. The third-order valence-electron chi connectivity index (χ3n) is 1.77. The summed E-state index contributed by atoms with van der Waals surface area (Å²) in [7, 11) is 0. The minimum absolute atomic E-state index is 0.737. The van der Waals surface area contributed by atoms with Gasteiger partial charge in [-0.3, -0.25) is 9.59 Å². The lowest BCUT2D eigenvalue weighted by atomic mass is 9.94. The van der Waals surface area contributed by atoms with Crippen molar-refractivity contribution < 1.29 is 24.5 Å². The smallest absolute Gasteiger partial charge is 0.317 e. The minimum atomic E-state index is -2.08. The van der Waals surface area contributed by atoms with Crippen molar-refractivity contribution in [1.29, 1.82) is 0 Å².